The van der Waals surface area contributed by atoms with Crippen LogP contribution in [0.4, 0.5) is 5.69 Å². The Hall–Kier alpha value is -3.81. The number of aromatic nitrogens is 2. The fourth-order valence-electron chi connectivity index (χ4n) is 5.60. The molecule has 2 aliphatic rings. The van der Waals surface area contributed by atoms with Crippen molar-refractivity contribution in [2.24, 2.45) is 7.05 Å². The smallest absolute Gasteiger partial charge is 0.272 e. The van der Waals surface area contributed by atoms with Crippen molar-refractivity contribution in [3.8, 4) is 11.5 Å². The topological polar surface area (TPSA) is 85.7 Å². The van der Waals surface area contributed by atoms with Crippen LogP contribution in [-0.4, -0.2) is 40.3 Å². The molecule has 0 spiro atoms. The van der Waals surface area contributed by atoms with Crippen molar-refractivity contribution in [2.75, 3.05) is 11.5 Å². The number of benzene rings is 2. The maximum Gasteiger partial charge on any atom is 0.272 e. The zero-order valence-electron chi connectivity index (χ0n) is 22.6. The Labute approximate surface area is 223 Å². The largest absolute Gasteiger partial charge is 0.485 e. The van der Waals surface area contributed by atoms with Crippen LogP contribution in [0.2, 0.25) is 0 Å². The minimum absolute atomic E-state index is 0.0557. The van der Waals surface area contributed by atoms with E-state index in [1.165, 1.54) is 6.42 Å². The number of rotatable bonds is 6. The Morgan fingerprint density at radius 3 is 2.37 bits per heavy atom. The van der Waals surface area contributed by atoms with Crippen molar-refractivity contribution in [3.05, 3.63) is 71.0 Å². The molecule has 0 unspecified atom stereocenters. The van der Waals surface area contributed by atoms with Gasteiger partial charge in [0.15, 0.2) is 11.5 Å². The molecule has 0 saturated heterocycles. The summed E-state index contributed by atoms with van der Waals surface area (Å²) in [7, 11) is 1.82. The van der Waals surface area contributed by atoms with Gasteiger partial charge >= 0.3 is 0 Å². The standard InChI is InChI=1S/C30H36N4O4/c1-19-14-20(2)16-23(15-19)34(30(36)27-18-37-25-12-8-9-13-26(25)38-27)28(24-17-33(4)32-21(24)3)29(35)31-22-10-6-5-7-11-22/h8-9,12-17,22,27-28H,5-7,10-11,18H2,1-4H3,(H,31,35)/t27-,28-/m1/s1. The second-order valence-electron chi connectivity index (χ2n) is 10.5. The van der Waals surface area contributed by atoms with Crippen LogP contribution >= 0.6 is 0 Å². The van der Waals surface area contributed by atoms with Gasteiger partial charge in [-0.25, -0.2) is 0 Å². The molecule has 2 heterocycles. The van der Waals surface area contributed by atoms with E-state index in [1.807, 2.05) is 64.3 Å². The fraction of sp³-hybridized carbons (Fsp3) is 0.433. The number of anilines is 1. The minimum Gasteiger partial charge on any atom is -0.485 e. The third-order valence-corrected chi connectivity index (χ3v) is 7.31. The molecular formula is C30H36N4O4. The van der Waals surface area contributed by atoms with Gasteiger partial charge in [0.25, 0.3) is 5.91 Å². The van der Waals surface area contributed by atoms with Crippen LogP contribution in [0.25, 0.3) is 0 Å². The van der Waals surface area contributed by atoms with Crippen molar-refractivity contribution in [2.45, 2.75) is 71.1 Å². The van der Waals surface area contributed by atoms with Crippen LogP contribution in [0.3, 0.4) is 0 Å². The van der Waals surface area contributed by atoms with Crippen molar-refractivity contribution < 1.29 is 19.1 Å². The Kier molecular flexibility index (Phi) is 7.40. The maximum atomic E-state index is 14.4. The van der Waals surface area contributed by atoms with E-state index in [0.29, 0.717) is 28.4 Å². The van der Waals surface area contributed by atoms with Gasteiger partial charge in [0.2, 0.25) is 12.0 Å². The number of ether oxygens (including phenoxy) is 2. The molecule has 8 heteroatoms. The predicted octanol–water partition coefficient (Wildman–Crippen LogP) is 4.71. The van der Waals surface area contributed by atoms with Crippen molar-refractivity contribution in [3.63, 3.8) is 0 Å². The van der Waals surface area contributed by atoms with Crippen LogP contribution in [0, 0.1) is 20.8 Å². The minimum atomic E-state index is -0.917. The average Bonchev–Trinajstić information content (AvgIpc) is 3.23. The Morgan fingerprint density at radius 1 is 1.03 bits per heavy atom. The van der Waals surface area contributed by atoms with Crippen LogP contribution < -0.4 is 19.7 Å². The van der Waals surface area contributed by atoms with E-state index < -0.39 is 12.1 Å². The molecule has 2 aromatic carbocycles. The van der Waals surface area contributed by atoms with Gasteiger partial charge in [0.1, 0.15) is 12.6 Å². The van der Waals surface area contributed by atoms with E-state index in [9.17, 15) is 9.59 Å². The molecule has 8 nitrogen and oxygen atoms in total. The number of carbonyl (C=O) groups excluding carboxylic acids is 2. The van der Waals surface area contributed by atoms with E-state index in [0.717, 1.165) is 36.8 Å². The highest BCUT2D eigenvalue weighted by atomic mass is 16.6. The van der Waals surface area contributed by atoms with Crippen molar-refractivity contribution in [1.82, 2.24) is 15.1 Å². The monoisotopic (exact) mass is 516 g/mol. The first-order valence-electron chi connectivity index (χ1n) is 13.4. The maximum absolute atomic E-state index is 14.4. The summed E-state index contributed by atoms with van der Waals surface area (Å²) in [4.78, 5) is 30.1. The van der Waals surface area contributed by atoms with Gasteiger partial charge in [-0.3, -0.25) is 19.2 Å². The predicted molar refractivity (Wildman–Crippen MR) is 145 cm³/mol. The third-order valence-electron chi connectivity index (χ3n) is 7.31. The number of para-hydroxylation sites is 2. The highest BCUT2D eigenvalue weighted by Crippen LogP contribution is 2.36. The first-order chi connectivity index (χ1) is 18.3. The van der Waals surface area contributed by atoms with E-state index in [4.69, 9.17) is 9.47 Å². The second kappa shape index (κ2) is 10.9. The summed E-state index contributed by atoms with van der Waals surface area (Å²) in [6, 6.07) is 12.4. The van der Waals surface area contributed by atoms with Gasteiger partial charge in [0.05, 0.1) is 5.69 Å². The lowest BCUT2D eigenvalue weighted by Crippen LogP contribution is -2.52. The lowest BCUT2D eigenvalue weighted by atomic mass is 9.94. The Bertz CT molecular complexity index is 1310. The molecule has 3 aromatic rings. The van der Waals surface area contributed by atoms with E-state index in [-0.39, 0.29) is 24.5 Å². The van der Waals surface area contributed by atoms with Gasteiger partial charge in [0, 0.05) is 30.5 Å². The molecule has 1 fully saturated rings. The van der Waals surface area contributed by atoms with Gasteiger partial charge in [-0.1, -0.05) is 37.5 Å². The number of nitrogens with one attached hydrogen (secondary N) is 1. The highest BCUT2D eigenvalue weighted by Gasteiger charge is 2.41. The second-order valence-corrected chi connectivity index (χ2v) is 10.5. The number of hydrogen-bond acceptors (Lipinski definition) is 5. The van der Waals surface area contributed by atoms with Gasteiger partial charge in [-0.2, -0.15) is 5.10 Å². The molecule has 1 aliphatic carbocycles. The van der Waals surface area contributed by atoms with Crippen molar-refractivity contribution in [1.29, 1.82) is 0 Å². The number of fused-ring (bicyclic) bond motifs is 1. The highest BCUT2D eigenvalue weighted by molar-refractivity contribution is 6.04. The number of nitrogens with zero attached hydrogens (tertiary/aromatic N) is 3. The summed E-state index contributed by atoms with van der Waals surface area (Å²) < 4.78 is 13.7. The van der Waals surface area contributed by atoms with Gasteiger partial charge in [-0.15, -0.1) is 0 Å². The van der Waals surface area contributed by atoms with Crippen LogP contribution in [0.5, 0.6) is 11.5 Å². The lowest BCUT2D eigenvalue weighted by Gasteiger charge is -2.36. The number of amides is 2. The zero-order chi connectivity index (χ0) is 26.8. The Balaban J connectivity index is 1.58. The van der Waals surface area contributed by atoms with E-state index >= 15 is 0 Å². The molecular weight excluding hydrogens is 480 g/mol. The summed E-state index contributed by atoms with van der Waals surface area (Å²) in [6.45, 7) is 5.90. The summed E-state index contributed by atoms with van der Waals surface area (Å²) in [5.41, 5.74) is 4.02. The van der Waals surface area contributed by atoms with Gasteiger partial charge in [-0.05, 0) is 69.0 Å². The average molecular weight is 517 g/mol. The molecule has 1 aromatic heterocycles. The van der Waals surface area contributed by atoms with E-state index in [2.05, 4.69) is 16.5 Å². The first kappa shape index (κ1) is 25.8. The molecule has 1 N–H and O–H groups in total. The van der Waals surface area contributed by atoms with Crippen LogP contribution in [0.15, 0.2) is 48.7 Å². The third kappa shape index (κ3) is 5.39. The molecule has 2 atom stereocenters. The zero-order valence-corrected chi connectivity index (χ0v) is 22.6. The molecule has 38 heavy (non-hydrogen) atoms. The molecule has 0 radical (unpaired) electrons. The lowest BCUT2D eigenvalue weighted by molar-refractivity contribution is -0.132. The van der Waals surface area contributed by atoms with E-state index in [1.54, 1.807) is 15.6 Å². The molecule has 2 amide bonds. The number of aryl methyl sites for hydroxylation is 4. The molecule has 1 saturated carbocycles. The summed E-state index contributed by atoms with van der Waals surface area (Å²) in [5.74, 6) is 0.566. The van der Waals surface area contributed by atoms with Crippen LogP contribution in [0.1, 0.15) is 60.5 Å². The summed E-state index contributed by atoms with van der Waals surface area (Å²) in [5, 5.41) is 7.78. The number of carbonyl (C=O) groups is 2. The molecule has 5 rings (SSSR count). The molecule has 1 aliphatic heterocycles. The Morgan fingerprint density at radius 2 is 1.71 bits per heavy atom. The normalized spacial score (nSPS) is 18.1. The SMILES string of the molecule is Cc1cc(C)cc(N(C(=O)[C@H]2COc3ccccc3O2)[C@@H](C(=O)NC2CCCCC2)c2cn(C)nc2C)c1. The van der Waals surface area contributed by atoms with Crippen LogP contribution in [-0.2, 0) is 16.6 Å². The summed E-state index contributed by atoms with van der Waals surface area (Å²) in [6.07, 6.45) is 6.17. The quantitative estimate of drug-likeness (QED) is 0.513. The number of hydrogen-bond donors (Lipinski definition) is 1. The molecule has 200 valence electrons. The summed E-state index contributed by atoms with van der Waals surface area (Å²) >= 11 is 0. The van der Waals surface area contributed by atoms with Crippen molar-refractivity contribution >= 4 is 17.5 Å². The first-order valence-corrected chi connectivity index (χ1v) is 13.4. The molecule has 0 bridgehead atoms. The van der Waals surface area contributed by atoms with Gasteiger partial charge < -0.3 is 14.8 Å². The fourth-order valence-corrected chi connectivity index (χ4v) is 5.60.